The number of amides is 4. The summed E-state index contributed by atoms with van der Waals surface area (Å²) >= 11 is 0. The molecule has 0 aromatic heterocycles. The van der Waals surface area contributed by atoms with Gasteiger partial charge in [0.15, 0.2) is 0 Å². The Morgan fingerprint density at radius 1 is 1.27 bits per heavy atom. The van der Waals surface area contributed by atoms with Crippen molar-refractivity contribution in [1.29, 1.82) is 0 Å². The fourth-order valence-corrected chi connectivity index (χ4v) is 3.12. The lowest BCUT2D eigenvalue weighted by atomic mass is 9.87. The van der Waals surface area contributed by atoms with Gasteiger partial charge < -0.3 is 10.6 Å². The molecule has 1 saturated heterocycles. The van der Waals surface area contributed by atoms with Crippen LogP contribution in [0.2, 0.25) is 0 Å². The van der Waals surface area contributed by atoms with Crippen LogP contribution in [0.25, 0.3) is 0 Å². The molecule has 6 nitrogen and oxygen atoms in total. The maximum atomic E-state index is 12.0. The highest BCUT2D eigenvalue weighted by Gasteiger charge is 2.43. The SMILES string of the molecule is CC1CCC(NC(=O)CCCN2C(=O)NC(C)(C)C2=O)CC1. The smallest absolute Gasteiger partial charge is 0.325 e. The predicted molar refractivity (Wildman–Crippen MR) is 83.1 cm³/mol. The summed E-state index contributed by atoms with van der Waals surface area (Å²) in [6.45, 7) is 5.91. The minimum absolute atomic E-state index is 0.0193. The first-order valence-corrected chi connectivity index (χ1v) is 8.23. The normalized spacial score (nSPS) is 27.7. The summed E-state index contributed by atoms with van der Waals surface area (Å²) in [5.41, 5.74) is -0.835. The summed E-state index contributed by atoms with van der Waals surface area (Å²) in [7, 11) is 0. The summed E-state index contributed by atoms with van der Waals surface area (Å²) < 4.78 is 0. The molecule has 4 amide bonds. The average Bonchev–Trinajstić information content (AvgIpc) is 2.63. The zero-order valence-corrected chi connectivity index (χ0v) is 13.8. The summed E-state index contributed by atoms with van der Waals surface area (Å²) in [5, 5.41) is 5.70. The van der Waals surface area contributed by atoms with Crippen molar-refractivity contribution in [3.05, 3.63) is 0 Å². The first-order chi connectivity index (χ1) is 10.3. The topological polar surface area (TPSA) is 78.5 Å². The van der Waals surface area contributed by atoms with Crippen LogP contribution in [0.4, 0.5) is 4.79 Å². The first-order valence-electron chi connectivity index (χ1n) is 8.23. The van der Waals surface area contributed by atoms with Crippen LogP contribution in [-0.4, -0.2) is 40.9 Å². The van der Waals surface area contributed by atoms with E-state index in [9.17, 15) is 14.4 Å². The Kier molecular flexibility index (Phi) is 5.08. The largest absolute Gasteiger partial charge is 0.353 e. The Labute approximate surface area is 132 Å². The van der Waals surface area contributed by atoms with E-state index in [0.717, 1.165) is 18.8 Å². The van der Waals surface area contributed by atoms with Gasteiger partial charge in [-0.2, -0.15) is 0 Å². The Hall–Kier alpha value is -1.59. The van der Waals surface area contributed by atoms with Crippen molar-refractivity contribution in [2.45, 2.75) is 70.9 Å². The number of nitrogens with one attached hydrogen (secondary N) is 2. The fourth-order valence-electron chi connectivity index (χ4n) is 3.12. The molecule has 22 heavy (non-hydrogen) atoms. The van der Waals surface area contributed by atoms with Gasteiger partial charge in [0.25, 0.3) is 5.91 Å². The number of nitrogens with zero attached hydrogens (tertiary/aromatic N) is 1. The van der Waals surface area contributed by atoms with Crippen LogP contribution < -0.4 is 10.6 Å². The number of hydrogen-bond acceptors (Lipinski definition) is 3. The monoisotopic (exact) mass is 309 g/mol. The maximum Gasteiger partial charge on any atom is 0.325 e. The Morgan fingerprint density at radius 3 is 2.45 bits per heavy atom. The summed E-state index contributed by atoms with van der Waals surface area (Å²) in [6.07, 6.45) is 5.29. The van der Waals surface area contributed by atoms with E-state index in [4.69, 9.17) is 0 Å². The van der Waals surface area contributed by atoms with Gasteiger partial charge in [0.1, 0.15) is 5.54 Å². The van der Waals surface area contributed by atoms with E-state index >= 15 is 0 Å². The molecule has 0 aromatic carbocycles. The fraction of sp³-hybridized carbons (Fsp3) is 0.812. The summed E-state index contributed by atoms with van der Waals surface area (Å²) in [4.78, 5) is 36.9. The lowest BCUT2D eigenvalue weighted by Gasteiger charge is -2.27. The van der Waals surface area contributed by atoms with Crippen LogP contribution in [0.15, 0.2) is 0 Å². The van der Waals surface area contributed by atoms with E-state index in [2.05, 4.69) is 17.6 Å². The second-order valence-corrected chi connectivity index (χ2v) is 7.14. The summed E-state index contributed by atoms with van der Waals surface area (Å²) in [5.74, 6) is 0.557. The van der Waals surface area contributed by atoms with Gasteiger partial charge in [-0.3, -0.25) is 14.5 Å². The van der Waals surface area contributed by atoms with Crippen molar-refractivity contribution in [2.24, 2.45) is 5.92 Å². The van der Waals surface area contributed by atoms with E-state index in [1.54, 1.807) is 13.8 Å². The van der Waals surface area contributed by atoms with Gasteiger partial charge >= 0.3 is 6.03 Å². The van der Waals surface area contributed by atoms with Crippen molar-refractivity contribution < 1.29 is 14.4 Å². The van der Waals surface area contributed by atoms with Crippen LogP contribution in [-0.2, 0) is 9.59 Å². The second-order valence-electron chi connectivity index (χ2n) is 7.14. The first kappa shape index (κ1) is 16.8. The molecule has 0 bridgehead atoms. The van der Waals surface area contributed by atoms with E-state index in [-0.39, 0.29) is 17.8 Å². The minimum atomic E-state index is -0.835. The van der Waals surface area contributed by atoms with Gasteiger partial charge in [0.2, 0.25) is 5.91 Å². The van der Waals surface area contributed by atoms with Crippen molar-refractivity contribution in [2.75, 3.05) is 6.54 Å². The molecule has 2 N–H and O–H groups in total. The average molecular weight is 309 g/mol. The molecular formula is C16H27N3O3. The number of hydrogen-bond donors (Lipinski definition) is 2. The van der Waals surface area contributed by atoms with E-state index in [1.165, 1.54) is 17.7 Å². The molecule has 0 atom stereocenters. The zero-order valence-electron chi connectivity index (χ0n) is 13.8. The summed E-state index contributed by atoms with van der Waals surface area (Å²) in [6, 6.07) is -0.0731. The van der Waals surface area contributed by atoms with Crippen LogP contribution in [0.1, 0.15) is 59.3 Å². The Bertz CT molecular complexity index is 454. The maximum absolute atomic E-state index is 12.0. The van der Waals surface area contributed by atoms with Crippen molar-refractivity contribution in [3.63, 3.8) is 0 Å². The number of carbonyl (C=O) groups excluding carboxylic acids is 3. The van der Waals surface area contributed by atoms with Crippen LogP contribution >= 0.6 is 0 Å². The molecular weight excluding hydrogens is 282 g/mol. The lowest BCUT2D eigenvalue weighted by Crippen LogP contribution is -2.40. The number of imide groups is 1. The molecule has 0 aromatic rings. The second kappa shape index (κ2) is 6.67. The van der Waals surface area contributed by atoms with E-state index in [0.29, 0.717) is 25.4 Å². The molecule has 1 aliphatic heterocycles. The van der Waals surface area contributed by atoms with Crippen LogP contribution in [0.3, 0.4) is 0 Å². The lowest BCUT2D eigenvalue weighted by molar-refractivity contribution is -0.130. The number of rotatable bonds is 5. The third-order valence-electron chi connectivity index (χ3n) is 4.61. The predicted octanol–water partition coefficient (Wildman–Crippen LogP) is 1.79. The molecule has 0 spiro atoms. The quantitative estimate of drug-likeness (QED) is 0.760. The van der Waals surface area contributed by atoms with Crippen molar-refractivity contribution >= 4 is 17.8 Å². The number of carbonyl (C=O) groups is 3. The Balaban J connectivity index is 1.69. The molecule has 6 heteroatoms. The Morgan fingerprint density at radius 2 is 1.91 bits per heavy atom. The molecule has 2 fully saturated rings. The van der Waals surface area contributed by atoms with E-state index < -0.39 is 5.54 Å². The minimum Gasteiger partial charge on any atom is -0.353 e. The van der Waals surface area contributed by atoms with E-state index in [1.807, 2.05) is 0 Å². The van der Waals surface area contributed by atoms with Gasteiger partial charge in [0.05, 0.1) is 0 Å². The van der Waals surface area contributed by atoms with Gasteiger partial charge in [-0.1, -0.05) is 6.92 Å². The van der Waals surface area contributed by atoms with Crippen LogP contribution in [0.5, 0.6) is 0 Å². The third-order valence-corrected chi connectivity index (χ3v) is 4.61. The third kappa shape index (κ3) is 3.99. The van der Waals surface area contributed by atoms with Gasteiger partial charge in [0, 0.05) is 19.0 Å². The van der Waals surface area contributed by atoms with Crippen LogP contribution in [0, 0.1) is 5.92 Å². The molecule has 2 rings (SSSR count). The molecule has 2 aliphatic rings. The van der Waals surface area contributed by atoms with Gasteiger partial charge in [-0.05, 0) is 51.9 Å². The highest BCUT2D eigenvalue weighted by molar-refractivity contribution is 6.06. The molecule has 0 radical (unpaired) electrons. The van der Waals surface area contributed by atoms with Crippen molar-refractivity contribution in [3.8, 4) is 0 Å². The molecule has 1 saturated carbocycles. The number of urea groups is 1. The molecule has 1 heterocycles. The highest BCUT2D eigenvalue weighted by Crippen LogP contribution is 2.23. The molecule has 0 unspecified atom stereocenters. The van der Waals surface area contributed by atoms with Gasteiger partial charge in [-0.25, -0.2) is 4.79 Å². The molecule has 1 aliphatic carbocycles. The highest BCUT2D eigenvalue weighted by atomic mass is 16.2. The zero-order chi connectivity index (χ0) is 16.3. The van der Waals surface area contributed by atoms with Crippen molar-refractivity contribution in [1.82, 2.24) is 15.5 Å². The van der Waals surface area contributed by atoms with Gasteiger partial charge in [-0.15, -0.1) is 0 Å². The molecule has 124 valence electrons. The standard InChI is InChI=1S/C16H27N3O3/c1-11-6-8-12(9-7-11)17-13(20)5-4-10-19-14(21)16(2,3)18-15(19)22/h11-12H,4-10H2,1-3H3,(H,17,20)(H,18,22).